The molecule has 35 heavy (non-hydrogen) atoms. The van der Waals surface area contributed by atoms with Crippen molar-refractivity contribution in [3.8, 4) is 22.8 Å². The fraction of sp³-hybridized carbons (Fsp3) is 0.0741. The number of aromatic nitrogens is 1. The Morgan fingerprint density at radius 1 is 0.886 bits per heavy atom. The normalized spacial score (nSPS) is 10.9. The third-order valence-corrected chi connectivity index (χ3v) is 6.03. The number of anilines is 1. The van der Waals surface area contributed by atoms with Crippen LogP contribution in [0.2, 0.25) is 5.02 Å². The van der Waals surface area contributed by atoms with Gasteiger partial charge in [0.2, 0.25) is 5.89 Å². The summed E-state index contributed by atoms with van der Waals surface area (Å²) >= 11 is 11.3. The molecular weight excluding hydrogens is 482 g/mol. The number of amides is 1. The second-order valence-corrected chi connectivity index (χ2v) is 8.92. The van der Waals surface area contributed by atoms with Gasteiger partial charge < -0.3 is 14.2 Å². The molecule has 2 N–H and O–H groups in total. The number of rotatable bonds is 4. The second-order valence-electron chi connectivity index (χ2n) is 8.08. The Balaban J connectivity index is 1.22. The van der Waals surface area contributed by atoms with Crippen molar-refractivity contribution in [1.82, 2.24) is 10.3 Å². The Bertz CT molecular complexity index is 1570. The first-order valence-electron chi connectivity index (χ1n) is 10.8. The average molecular weight is 502 g/mol. The first-order chi connectivity index (χ1) is 16.9. The van der Waals surface area contributed by atoms with E-state index in [-0.39, 0.29) is 10.9 Å². The molecule has 2 heterocycles. The number of carbonyl (C=O) groups is 1. The molecule has 5 aromatic rings. The van der Waals surface area contributed by atoms with Crippen LogP contribution in [0.3, 0.4) is 0 Å². The fourth-order valence-corrected chi connectivity index (χ4v) is 3.93. The number of oxazole rings is 1. The van der Waals surface area contributed by atoms with Gasteiger partial charge in [-0.05, 0) is 97.9 Å². The van der Waals surface area contributed by atoms with Gasteiger partial charge in [0.05, 0.1) is 0 Å². The van der Waals surface area contributed by atoms with E-state index >= 15 is 0 Å². The average Bonchev–Trinajstić information content (AvgIpc) is 3.49. The Labute approximate surface area is 211 Å². The number of halogens is 1. The van der Waals surface area contributed by atoms with Gasteiger partial charge in [0.1, 0.15) is 11.3 Å². The molecule has 1 amide bonds. The number of furan rings is 1. The van der Waals surface area contributed by atoms with E-state index in [9.17, 15) is 4.79 Å². The number of nitrogens with zero attached hydrogens (tertiary/aromatic N) is 1. The highest BCUT2D eigenvalue weighted by Gasteiger charge is 2.15. The van der Waals surface area contributed by atoms with Crippen molar-refractivity contribution in [3.05, 3.63) is 94.7 Å². The first kappa shape index (κ1) is 22.8. The van der Waals surface area contributed by atoms with Gasteiger partial charge in [-0.15, -0.1) is 0 Å². The van der Waals surface area contributed by atoms with Crippen LogP contribution >= 0.6 is 23.8 Å². The van der Waals surface area contributed by atoms with Crippen molar-refractivity contribution in [2.45, 2.75) is 13.8 Å². The van der Waals surface area contributed by atoms with E-state index in [1.165, 1.54) is 5.56 Å². The zero-order chi connectivity index (χ0) is 24.5. The third-order valence-electron chi connectivity index (χ3n) is 5.59. The van der Waals surface area contributed by atoms with Gasteiger partial charge in [0.15, 0.2) is 16.5 Å². The van der Waals surface area contributed by atoms with Crippen LogP contribution in [-0.2, 0) is 0 Å². The van der Waals surface area contributed by atoms with Crippen molar-refractivity contribution in [3.63, 3.8) is 0 Å². The van der Waals surface area contributed by atoms with Crippen molar-refractivity contribution in [1.29, 1.82) is 0 Å². The van der Waals surface area contributed by atoms with Gasteiger partial charge in [-0.1, -0.05) is 23.7 Å². The molecule has 0 saturated carbocycles. The highest BCUT2D eigenvalue weighted by Crippen LogP contribution is 2.27. The Morgan fingerprint density at radius 3 is 2.43 bits per heavy atom. The molecule has 0 bridgehead atoms. The van der Waals surface area contributed by atoms with Crippen molar-refractivity contribution in [2.75, 3.05) is 5.32 Å². The minimum atomic E-state index is -0.431. The molecule has 0 fully saturated rings. The van der Waals surface area contributed by atoms with Crippen LogP contribution in [0.1, 0.15) is 21.7 Å². The van der Waals surface area contributed by atoms with Crippen LogP contribution in [0.4, 0.5) is 5.69 Å². The molecular formula is C27H20ClN3O3S. The molecule has 0 atom stereocenters. The Hall–Kier alpha value is -3.94. The number of hydrogen-bond acceptors (Lipinski definition) is 5. The largest absolute Gasteiger partial charge is 0.451 e. The molecule has 0 radical (unpaired) electrons. The van der Waals surface area contributed by atoms with Crippen molar-refractivity contribution in [2.24, 2.45) is 0 Å². The predicted molar refractivity (Wildman–Crippen MR) is 142 cm³/mol. The van der Waals surface area contributed by atoms with E-state index in [0.29, 0.717) is 33.5 Å². The zero-order valence-corrected chi connectivity index (χ0v) is 20.5. The minimum absolute atomic E-state index is 0.156. The molecule has 0 saturated heterocycles. The van der Waals surface area contributed by atoms with Crippen molar-refractivity contribution < 1.29 is 13.6 Å². The van der Waals surface area contributed by atoms with E-state index in [2.05, 4.69) is 15.6 Å². The van der Waals surface area contributed by atoms with Crippen LogP contribution in [0.15, 0.2) is 81.6 Å². The van der Waals surface area contributed by atoms with Crippen LogP contribution < -0.4 is 10.6 Å². The highest BCUT2D eigenvalue weighted by atomic mass is 35.5. The van der Waals surface area contributed by atoms with Crippen LogP contribution in [0.25, 0.3) is 33.9 Å². The first-order valence-corrected chi connectivity index (χ1v) is 11.6. The number of nitrogens with one attached hydrogen (secondary N) is 2. The van der Waals surface area contributed by atoms with E-state index in [1.807, 2.05) is 56.3 Å². The van der Waals surface area contributed by atoms with Gasteiger partial charge in [-0.2, -0.15) is 0 Å². The molecule has 0 spiro atoms. The summed E-state index contributed by atoms with van der Waals surface area (Å²) in [5.74, 6) is 0.851. The summed E-state index contributed by atoms with van der Waals surface area (Å²) in [4.78, 5) is 17.1. The summed E-state index contributed by atoms with van der Waals surface area (Å²) in [5.41, 5.74) is 6.12. The third kappa shape index (κ3) is 4.96. The van der Waals surface area contributed by atoms with Gasteiger partial charge in [0, 0.05) is 21.8 Å². The summed E-state index contributed by atoms with van der Waals surface area (Å²) in [7, 11) is 0. The minimum Gasteiger partial charge on any atom is -0.451 e. The molecule has 2 aromatic heterocycles. The molecule has 3 aromatic carbocycles. The summed E-state index contributed by atoms with van der Waals surface area (Å²) in [5, 5.41) is 6.40. The number of benzene rings is 3. The summed E-state index contributed by atoms with van der Waals surface area (Å²) in [6, 6.07) is 22.1. The number of fused-ring (bicyclic) bond motifs is 1. The summed E-state index contributed by atoms with van der Waals surface area (Å²) in [6.45, 7) is 4.09. The Kier molecular flexibility index (Phi) is 6.11. The number of carbonyl (C=O) groups excluding carboxylic acids is 1. The lowest BCUT2D eigenvalue weighted by Crippen LogP contribution is -2.33. The van der Waals surface area contributed by atoms with Crippen LogP contribution in [-0.4, -0.2) is 16.0 Å². The SMILES string of the molecule is Cc1ccc(-c2ccc(C(=O)NC(=S)Nc3ccc(-c4nc5cc(Cl)ccc5o4)cc3)o2)cc1C. The maximum Gasteiger partial charge on any atom is 0.293 e. The quantitative estimate of drug-likeness (QED) is 0.254. The van der Waals surface area contributed by atoms with Gasteiger partial charge in [0.25, 0.3) is 5.91 Å². The topological polar surface area (TPSA) is 80.3 Å². The monoisotopic (exact) mass is 501 g/mol. The molecule has 174 valence electrons. The summed E-state index contributed by atoms with van der Waals surface area (Å²) < 4.78 is 11.5. The molecule has 0 aliphatic carbocycles. The second kappa shape index (κ2) is 9.37. The van der Waals surface area contributed by atoms with Gasteiger partial charge >= 0.3 is 0 Å². The standard InChI is InChI=1S/C27H20ClN3O3S/c1-15-3-4-18(13-16(15)2)22-11-12-24(33-22)25(32)31-27(35)29-20-8-5-17(6-9-20)26-30-21-14-19(28)7-10-23(21)34-26/h3-14H,1-2H3,(H2,29,31,32,35). The van der Waals surface area contributed by atoms with E-state index in [1.54, 1.807) is 30.3 Å². The fourth-order valence-electron chi connectivity index (χ4n) is 3.56. The molecule has 0 aliphatic heterocycles. The predicted octanol–water partition coefficient (Wildman–Crippen LogP) is 7.15. The molecule has 8 heteroatoms. The maximum atomic E-state index is 12.6. The lowest BCUT2D eigenvalue weighted by Gasteiger charge is -2.09. The van der Waals surface area contributed by atoms with Crippen molar-refractivity contribution >= 4 is 51.6 Å². The van der Waals surface area contributed by atoms with Crippen LogP contribution in [0, 0.1) is 13.8 Å². The van der Waals surface area contributed by atoms with E-state index in [4.69, 9.17) is 32.7 Å². The molecule has 0 aliphatic rings. The lowest BCUT2D eigenvalue weighted by molar-refractivity contribution is 0.0951. The number of thiocarbonyl (C=S) groups is 1. The van der Waals surface area contributed by atoms with Gasteiger partial charge in [-0.25, -0.2) is 4.98 Å². The molecule has 6 nitrogen and oxygen atoms in total. The zero-order valence-electron chi connectivity index (χ0n) is 18.9. The van der Waals surface area contributed by atoms with E-state index in [0.717, 1.165) is 16.7 Å². The van der Waals surface area contributed by atoms with Crippen LogP contribution in [0.5, 0.6) is 0 Å². The maximum absolute atomic E-state index is 12.6. The molecule has 5 rings (SSSR count). The molecule has 0 unspecified atom stereocenters. The number of aryl methyl sites for hydroxylation is 2. The van der Waals surface area contributed by atoms with E-state index < -0.39 is 5.91 Å². The lowest BCUT2D eigenvalue weighted by atomic mass is 10.1. The summed E-state index contributed by atoms with van der Waals surface area (Å²) in [6.07, 6.45) is 0. The smallest absolute Gasteiger partial charge is 0.293 e. The van der Waals surface area contributed by atoms with Gasteiger partial charge in [-0.3, -0.25) is 10.1 Å². The highest BCUT2D eigenvalue weighted by molar-refractivity contribution is 7.80. The number of hydrogen-bond donors (Lipinski definition) is 2. The Morgan fingerprint density at radius 2 is 1.66 bits per heavy atom.